The Morgan fingerprint density at radius 2 is 2.17 bits per heavy atom. The average Bonchev–Trinajstić information content (AvgIpc) is 2.62. The summed E-state index contributed by atoms with van der Waals surface area (Å²) < 4.78 is 0. The van der Waals surface area contributed by atoms with Gasteiger partial charge in [0.05, 0.1) is 12.1 Å². The first kappa shape index (κ1) is 13.7. The molecule has 2 rings (SSSR count). The van der Waals surface area contributed by atoms with Gasteiger partial charge in [0.15, 0.2) is 5.96 Å². The molecule has 1 heterocycles. The van der Waals surface area contributed by atoms with E-state index in [-0.39, 0.29) is 5.54 Å². The highest BCUT2D eigenvalue weighted by atomic mass is 15.4. The molecule has 0 amide bonds. The highest BCUT2D eigenvalue weighted by Gasteiger charge is 2.49. The second-order valence-electron chi connectivity index (χ2n) is 6.39. The standard InChI is InChI=1S/C14H28N4/c1-11-6-5-7-14(12(11)2)10-16-13(15)18(14)9-8-17(3)4/h11-12H,5-10H2,1-4H3,(H2,15,16). The van der Waals surface area contributed by atoms with Crippen molar-refractivity contribution in [2.45, 2.75) is 38.6 Å². The number of hydrogen-bond acceptors (Lipinski definition) is 4. The fraction of sp³-hybridized carbons (Fsp3) is 0.929. The molecule has 0 saturated heterocycles. The van der Waals surface area contributed by atoms with Crippen LogP contribution in [0.25, 0.3) is 0 Å². The first-order valence-electron chi connectivity index (χ1n) is 7.19. The van der Waals surface area contributed by atoms with E-state index < -0.39 is 0 Å². The topological polar surface area (TPSA) is 44.9 Å². The lowest BCUT2D eigenvalue weighted by atomic mass is 9.68. The highest BCUT2D eigenvalue weighted by Crippen LogP contribution is 2.43. The zero-order valence-corrected chi connectivity index (χ0v) is 12.3. The van der Waals surface area contributed by atoms with Crippen molar-refractivity contribution in [3.8, 4) is 0 Å². The normalized spacial score (nSPS) is 36.5. The third-order valence-corrected chi connectivity index (χ3v) is 5.07. The van der Waals surface area contributed by atoms with Crippen LogP contribution in [-0.2, 0) is 0 Å². The van der Waals surface area contributed by atoms with Gasteiger partial charge in [0.2, 0.25) is 0 Å². The summed E-state index contributed by atoms with van der Waals surface area (Å²) in [6, 6.07) is 0. The van der Waals surface area contributed by atoms with E-state index in [9.17, 15) is 0 Å². The van der Waals surface area contributed by atoms with Crippen molar-refractivity contribution in [2.24, 2.45) is 22.6 Å². The highest BCUT2D eigenvalue weighted by molar-refractivity contribution is 5.81. The van der Waals surface area contributed by atoms with Crippen LogP contribution in [0.3, 0.4) is 0 Å². The Morgan fingerprint density at radius 3 is 2.83 bits per heavy atom. The minimum absolute atomic E-state index is 0.206. The van der Waals surface area contributed by atoms with Gasteiger partial charge >= 0.3 is 0 Å². The molecule has 1 aliphatic heterocycles. The molecule has 2 aliphatic rings. The molecular formula is C14H28N4. The minimum atomic E-state index is 0.206. The number of rotatable bonds is 3. The van der Waals surface area contributed by atoms with Crippen molar-refractivity contribution in [1.29, 1.82) is 0 Å². The number of likely N-dealkylation sites (N-methyl/N-ethyl adjacent to an activating group) is 1. The third-order valence-electron chi connectivity index (χ3n) is 5.07. The molecule has 0 aromatic carbocycles. The number of aliphatic imine (C=N–C) groups is 1. The Hall–Kier alpha value is -0.770. The summed E-state index contributed by atoms with van der Waals surface area (Å²) in [5.41, 5.74) is 6.34. The van der Waals surface area contributed by atoms with Gasteiger partial charge in [-0.1, -0.05) is 26.7 Å². The van der Waals surface area contributed by atoms with Gasteiger partial charge in [0.1, 0.15) is 0 Å². The van der Waals surface area contributed by atoms with Crippen LogP contribution in [0.2, 0.25) is 0 Å². The maximum Gasteiger partial charge on any atom is 0.191 e. The lowest BCUT2D eigenvalue weighted by molar-refractivity contribution is 0.0450. The maximum atomic E-state index is 6.14. The predicted octanol–water partition coefficient (Wildman–Crippen LogP) is 1.37. The van der Waals surface area contributed by atoms with Crippen molar-refractivity contribution >= 4 is 5.96 Å². The number of nitrogens with zero attached hydrogens (tertiary/aromatic N) is 3. The van der Waals surface area contributed by atoms with Crippen LogP contribution in [0.4, 0.5) is 0 Å². The molecule has 0 aromatic heterocycles. The second kappa shape index (κ2) is 5.08. The monoisotopic (exact) mass is 252 g/mol. The fourth-order valence-corrected chi connectivity index (χ4v) is 3.60. The molecule has 3 unspecified atom stereocenters. The van der Waals surface area contributed by atoms with Crippen LogP contribution < -0.4 is 5.73 Å². The molecule has 18 heavy (non-hydrogen) atoms. The number of hydrogen-bond donors (Lipinski definition) is 1. The van der Waals surface area contributed by atoms with E-state index in [1.165, 1.54) is 19.3 Å². The lowest BCUT2D eigenvalue weighted by Crippen LogP contribution is -2.59. The zero-order chi connectivity index (χ0) is 13.3. The van der Waals surface area contributed by atoms with Crippen LogP contribution in [0.15, 0.2) is 4.99 Å². The smallest absolute Gasteiger partial charge is 0.191 e. The van der Waals surface area contributed by atoms with Crippen molar-refractivity contribution in [1.82, 2.24) is 9.80 Å². The van der Waals surface area contributed by atoms with Crippen molar-refractivity contribution < 1.29 is 0 Å². The summed E-state index contributed by atoms with van der Waals surface area (Å²) in [5.74, 6) is 2.22. The largest absolute Gasteiger partial charge is 0.370 e. The van der Waals surface area contributed by atoms with Crippen molar-refractivity contribution in [3.63, 3.8) is 0 Å². The van der Waals surface area contributed by atoms with E-state index in [1.54, 1.807) is 0 Å². The average molecular weight is 252 g/mol. The molecule has 2 N–H and O–H groups in total. The minimum Gasteiger partial charge on any atom is -0.370 e. The maximum absolute atomic E-state index is 6.14. The second-order valence-corrected chi connectivity index (χ2v) is 6.39. The molecule has 1 spiro atoms. The van der Waals surface area contributed by atoms with Gasteiger partial charge in [-0.3, -0.25) is 4.99 Å². The molecule has 4 heteroatoms. The number of guanidine groups is 1. The Balaban J connectivity index is 2.15. The van der Waals surface area contributed by atoms with Crippen LogP contribution in [0.5, 0.6) is 0 Å². The van der Waals surface area contributed by atoms with Crippen LogP contribution in [0.1, 0.15) is 33.1 Å². The summed E-state index contributed by atoms with van der Waals surface area (Å²) in [5, 5.41) is 0. The molecule has 4 nitrogen and oxygen atoms in total. The lowest BCUT2D eigenvalue weighted by Gasteiger charge is -2.49. The summed E-state index contributed by atoms with van der Waals surface area (Å²) in [7, 11) is 4.23. The Kier molecular flexibility index (Phi) is 3.85. The Labute approximate surface area is 111 Å². The van der Waals surface area contributed by atoms with E-state index in [2.05, 4.69) is 42.7 Å². The van der Waals surface area contributed by atoms with Gasteiger partial charge in [-0.05, 0) is 32.4 Å². The van der Waals surface area contributed by atoms with E-state index in [1.807, 2.05) is 0 Å². The molecule has 1 fully saturated rings. The quantitative estimate of drug-likeness (QED) is 0.825. The van der Waals surface area contributed by atoms with Crippen LogP contribution in [0, 0.1) is 11.8 Å². The molecule has 0 bridgehead atoms. The van der Waals surface area contributed by atoms with E-state index in [4.69, 9.17) is 5.73 Å². The first-order chi connectivity index (χ1) is 8.47. The molecular weight excluding hydrogens is 224 g/mol. The van der Waals surface area contributed by atoms with Crippen molar-refractivity contribution in [3.05, 3.63) is 0 Å². The zero-order valence-electron chi connectivity index (χ0n) is 12.3. The molecule has 1 aliphatic carbocycles. The van der Waals surface area contributed by atoms with Gasteiger partial charge in [-0.25, -0.2) is 0 Å². The molecule has 0 aromatic rings. The molecule has 3 atom stereocenters. The molecule has 104 valence electrons. The van der Waals surface area contributed by atoms with Crippen LogP contribution in [-0.4, -0.2) is 55.0 Å². The molecule has 0 radical (unpaired) electrons. The van der Waals surface area contributed by atoms with Gasteiger partial charge in [-0.2, -0.15) is 0 Å². The van der Waals surface area contributed by atoms with Gasteiger partial charge in [-0.15, -0.1) is 0 Å². The summed E-state index contributed by atoms with van der Waals surface area (Å²) in [6.07, 6.45) is 3.91. The van der Waals surface area contributed by atoms with Gasteiger partial charge < -0.3 is 15.5 Å². The van der Waals surface area contributed by atoms with E-state index >= 15 is 0 Å². The Bertz CT molecular complexity index is 326. The number of nitrogens with two attached hydrogens (primary N) is 1. The summed E-state index contributed by atoms with van der Waals surface area (Å²) >= 11 is 0. The first-order valence-corrected chi connectivity index (χ1v) is 7.19. The summed E-state index contributed by atoms with van der Waals surface area (Å²) in [4.78, 5) is 9.17. The van der Waals surface area contributed by atoms with Crippen molar-refractivity contribution in [2.75, 3.05) is 33.7 Å². The molecule has 1 saturated carbocycles. The third kappa shape index (κ3) is 2.22. The Morgan fingerprint density at radius 1 is 1.44 bits per heavy atom. The van der Waals surface area contributed by atoms with Crippen LogP contribution >= 0.6 is 0 Å². The van der Waals surface area contributed by atoms with E-state index in [0.29, 0.717) is 5.92 Å². The fourth-order valence-electron chi connectivity index (χ4n) is 3.60. The predicted molar refractivity (Wildman–Crippen MR) is 76.7 cm³/mol. The van der Waals surface area contributed by atoms with E-state index in [0.717, 1.165) is 31.5 Å². The van der Waals surface area contributed by atoms with Gasteiger partial charge in [0, 0.05) is 13.1 Å². The summed E-state index contributed by atoms with van der Waals surface area (Å²) in [6.45, 7) is 7.71. The van der Waals surface area contributed by atoms with Gasteiger partial charge in [0.25, 0.3) is 0 Å². The SMILES string of the molecule is CC1CCCC2(CN=C(N)N2CCN(C)C)C1C.